The van der Waals surface area contributed by atoms with Gasteiger partial charge in [0.2, 0.25) is 5.91 Å². The van der Waals surface area contributed by atoms with Crippen LogP contribution in [0, 0.1) is 0 Å². The molecule has 2 N–H and O–H groups in total. The Morgan fingerprint density at radius 1 is 1.19 bits per heavy atom. The molecule has 5 nitrogen and oxygen atoms in total. The first-order valence-electron chi connectivity index (χ1n) is 7.54. The molecule has 3 amide bonds. The molecule has 1 aromatic carbocycles. The topological polar surface area (TPSA) is 61.4 Å². The SMILES string of the molecule is CC(NC(=O)NCCC(=O)N1CCCC1)c1ccccc1. The fraction of sp³-hybridized carbons (Fsp3) is 0.500. The second-order valence-corrected chi connectivity index (χ2v) is 5.37. The molecule has 0 aliphatic carbocycles. The molecular formula is C16H23N3O2. The highest BCUT2D eigenvalue weighted by molar-refractivity contribution is 5.78. The first kappa shape index (κ1) is 15.4. The Hall–Kier alpha value is -2.04. The van der Waals surface area contributed by atoms with Gasteiger partial charge in [-0.1, -0.05) is 30.3 Å². The molecule has 0 spiro atoms. The zero-order valence-corrected chi connectivity index (χ0v) is 12.5. The summed E-state index contributed by atoms with van der Waals surface area (Å²) in [6, 6.07) is 9.49. The van der Waals surface area contributed by atoms with E-state index in [0.29, 0.717) is 13.0 Å². The quantitative estimate of drug-likeness (QED) is 0.871. The van der Waals surface area contributed by atoms with Crippen LogP contribution in [-0.4, -0.2) is 36.5 Å². The lowest BCUT2D eigenvalue weighted by Crippen LogP contribution is -2.39. The molecule has 0 aromatic heterocycles. The zero-order chi connectivity index (χ0) is 15.1. The fourth-order valence-electron chi connectivity index (χ4n) is 2.48. The molecule has 0 bridgehead atoms. The van der Waals surface area contributed by atoms with Crippen molar-refractivity contribution >= 4 is 11.9 Å². The molecule has 21 heavy (non-hydrogen) atoms. The minimum absolute atomic E-state index is 0.0551. The summed E-state index contributed by atoms with van der Waals surface area (Å²) in [4.78, 5) is 25.5. The van der Waals surface area contributed by atoms with Gasteiger partial charge in [-0.2, -0.15) is 0 Å². The van der Waals surface area contributed by atoms with Crippen LogP contribution in [0.3, 0.4) is 0 Å². The van der Waals surface area contributed by atoms with Gasteiger partial charge < -0.3 is 15.5 Å². The molecule has 1 fully saturated rings. The van der Waals surface area contributed by atoms with Crippen molar-refractivity contribution in [2.75, 3.05) is 19.6 Å². The third kappa shape index (κ3) is 4.77. The van der Waals surface area contributed by atoms with Crippen molar-refractivity contribution in [1.82, 2.24) is 15.5 Å². The molecule has 0 saturated carbocycles. The van der Waals surface area contributed by atoms with Crippen LogP contribution < -0.4 is 10.6 Å². The van der Waals surface area contributed by atoms with Crippen LogP contribution in [0.4, 0.5) is 4.79 Å². The third-order valence-corrected chi connectivity index (χ3v) is 3.73. The molecule has 1 aliphatic rings. The predicted molar refractivity (Wildman–Crippen MR) is 81.8 cm³/mol. The van der Waals surface area contributed by atoms with Crippen molar-refractivity contribution in [3.63, 3.8) is 0 Å². The number of nitrogens with zero attached hydrogens (tertiary/aromatic N) is 1. The molecule has 5 heteroatoms. The fourth-order valence-corrected chi connectivity index (χ4v) is 2.48. The van der Waals surface area contributed by atoms with Gasteiger partial charge in [0.25, 0.3) is 0 Å². The van der Waals surface area contributed by atoms with Crippen LogP contribution in [0.2, 0.25) is 0 Å². The normalized spacial score (nSPS) is 15.6. The lowest BCUT2D eigenvalue weighted by molar-refractivity contribution is -0.129. The summed E-state index contributed by atoms with van der Waals surface area (Å²) in [6.07, 6.45) is 2.55. The molecule has 114 valence electrons. The average molecular weight is 289 g/mol. The van der Waals surface area contributed by atoms with Crippen molar-refractivity contribution in [2.45, 2.75) is 32.2 Å². The summed E-state index contributed by atoms with van der Waals surface area (Å²) >= 11 is 0. The number of amides is 3. The Balaban J connectivity index is 1.66. The summed E-state index contributed by atoms with van der Waals surface area (Å²) in [5.74, 6) is 0.129. The van der Waals surface area contributed by atoms with E-state index in [0.717, 1.165) is 31.5 Å². The van der Waals surface area contributed by atoms with Gasteiger partial charge in [0, 0.05) is 26.1 Å². The molecule has 1 aliphatic heterocycles. The summed E-state index contributed by atoms with van der Waals surface area (Å²) in [6.45, 7) is 4.03. The third-order valence-electron chi connectivity index (χ3n) is 3.73. The van der Waals surface area contributed by atoms with Gasteiger partial charge in [-0.3, -0.25) is 4.79 Å². The Labute approximate surface area is 125 Å². The maximum atomic E-state index is 11.8. The number of hydrogen-bond acceptors (Lipinski definition) is 2. The van der Waals surface area contributed by atoms with Gasteiger partial charge in [-0.15, -0.1) is 0 Å². The first-order chi connectivity index (χ1) is 10.2. The first-order valence-corrected chi connectivity index (χ1v) is 7.54. The lowest BCUT2D eigenvalue weighted by atomic mass is 10.1. The predicted octanol–water partition coefficient (Wildman–Crippen LogP) is 2.06. The largest absolute Gasteiger partial charge is 0.343 e. The van der Waals surface area contributed by atoms with E-state index in [9.17, 15) is 9.59 Å². The minimum atomic E-state index is -0.236. The number of benzene rings is 1. The van der Waals surface area contributed by atoms with Crippen molar-refractivity contribution in [1.29, 1.82) is 0 Å². The monoisotopic (exact) mass is 289 g/mol. The summed E-state index contributed by atoms with van der Waals surface area (Å²) in [5, 5.41) is 5.60. The van der Waals surface area contributed by atoms with Gasteiger partial charge in [0.1, 0.15) is 0 Å². The standard InChI is InChI=1S/C16H23N3O2/c1-13(14-7-3-2-4-8-14)18-16(21)17-10-9-15(20)19-11-5-6-12-19/h2-4,7-8,13H,5-6,9-12H2,1H3,(H2,17,18,21). The number of nitrogens with one attached hydrogen (secondary N) is 2. The summed E-state index contributed by atoms with van der Waals surface area (Å²) in [5.41, 5.74) is 1.06. The van der Waals surface area contributed by atoms with Crippen molar-refractivity contribution < 1.29 is 9.59 Å². The highest BCUT2D eigenvalue weighted by Gasteiger charge is 2.17. The number of hydrogen-bond donors (Lipinski definition) is 2. The number of rotatable bonds is 5. The maximum absolute atomic E-state index is 11.8. The van der Waals surface area contributed by atoms with Crippen LogP contribution in [0.15, 0.2) is 30.3 Å². The Kier molecular flexibility index (Phi) is 5.60. The molecule has 0 radical (unpaired) electrons. The zero-order valence-electron chi connectivity index (χ0n) is 12.5. The maximum Gasteiger partial charge on any atom is 0.315 e. The number of carbonyl (C=O) groups is 2. The number of likely N-dealkylation sites (tertiary alicyclic amines) is 1. The van der Waals surface area contributed by atoms with E-state index in [4.69, 9.17) is 0 Å². The highest BCUT2D eigenvalue weighted by Crippen LogP contribution is 2.11. The van der Waals surface area contributed by atoms with Crippen LogP contribution in [0.1, 0.15) is 37.8 Å². The highest BCUT2D eigenvalue weighted by atomic mass is 16.2. The van der Waals surface area contributed by atoms with Crippen LogP contribution in [0.25, 0.3) is 0 Å². The number of carbonyl (C=O) groups excluding carboxylic acids is 2. The van der Waals surface area contributed by atoms with E-state index in [2.05, 4.69) is 10.6 Å². The van der Waals surface area contributed by atoms with Crippen LogP contribution in [-0.2, 0) is 4.79 Å². The Bertz CT molecular complexity index is 470. The van der Waals surface area contributed by atoms with E-state index in [1.165, 1.54) is 0 Å². The lowest BCUT2D eigenvalue weighted by Gasteiger charge is -2.17. The number of urea groups is 1. The molecule has 1 heterocycles. The van der Waals surface area contributed by atoms with Crippen molar-refractivity contribution in [2.24, 2.45) is 0 Å². The van der Waals surface area contributed by atoms with E-state index >= 15 is 0 Å². The minimum Gasteiger partial charge on any atom is -0.343 e. The molecule has 1 saturated heterocycles. The summed E-state index contributed by atoms with van der Waals surface area (Å²) in [7, 11) is 0. The van der Waals surface area contributed by atoms with E-state index < -0.39 is 0 Å². The van der Waals surface area contributed by atoms with Crippen molar-refractivity contribution in [3.8, 4) is 0 Å². The Morgan fingerprint density at radius 2 is 1.86 bits per heavy atom. The van der Waals surface area contributed by atoms with Gasteiger partial charge in [-0.25, -0.2) is 4.79 Å². The summed E-state index contributed by atoms with van der Waals surface area (Å²) < 4.78 is 0. The Morgan fingerprint density at radius 3 is 2.52 bits per heavy atom. The van der Waals surface area contributed by atoms with Gasteiger partial charge in [0.15, 0.2) is 0 Å². The second-order valence-electron chi connectivity index (χ2n) is 5.37. The van der Waals surface area contributed by atoms with E-state index in [1.807, 2.05) is 42.2 Å². The molecule has 1 atom stereocenters. The van der Waals surface area contributed by atoms with E-state index in [1.54, 1.807) is 0 Å². The van der Waals surface area contributed by atoms with Crippen LogP contribution in [0.5, 0.6) is 0 Å². The molecule has 1 aromatic rings. The molecule has 2 rings (SSSR count). The van der Waals surface area contributed by atoms with Crippen LogP contribution >= 0.6 is 0 Å². The second kappa shape index (κ2) is 7.67. The molecule has 1 unspecified atom stereocenters. The van der Waals surface area contributed by atoms with Gasteiger partial charge in [0.05, 0.1) is 6.04 Å². The smallest absolute Gasteiger partial charge is 0.315 e. The molecular weight excluding hydrogens is 266 g/mol. The van der Waals surface area contributed by atoms with Gasteiger partial charge in [-0.05, 0) is 25.3 Å². The van der Waals surface area contributed by atoms with E-state index in [-0.39, 0.29) is 18.0 Å². The van der Waals surface area contributed by atoms with Crippen molar-refractivity contribution in [3.05, 3.63) is 35.9 Å². The van der Waals surface area contributed by atoms with Gasteiger partial charge >= 0.3 is 6.03 Å². The average Bonchev–Trinajstić information content (AvgIpc) is 3.02.